The molecule has 8 N–H and O–H groups in total. The highest BCUT2D eigenvalue weighted by Gasteiger charge is 2.29. The third-order valence-corrected chi connectivity index (χ3v) is 6.97. The van der Waals surface area contributed by atoms with E-state index in [-0.39, 0.29) is 43.2 Å². The lowest BCUT2D eigenvalue weighted by Crippen LogP contribution is -2.55. The average Bonchev–Trinajstić information content (AvgIpc) is 3.44. The Morgan fingerprint density at radius 1 is 0.913 bits per heavy atom. The van der Waals surface area contributed by atoms with Crippen LogP contribution in [0.5, 0.6) is 0 Å². The Labute approximate surface area is 271 Å². The molecule has 3 rings (SSSR count). The molecule has 248 valence electrons. The van der Waals surface area contributed by atoms with Crippen LogP contribution in [0.25, 0.3) is 11.4 Å². The van der Waals surface area contributed by atoms with Gasteiger partial charge in [-0.25, -0.2) is 9.78 Å². The van der Waals surface area contributed by atoms with Crippen LogP contribution in [0.4, 0.5) is 4.79 Å². The number of guanidine groups is 1. The summed E-state index contributed by atoms with van der Waals surface area (Å²) in [5, 5.41) is 8.38. The SMILES string of the molecule is CC(C)(C)OC(=O)N[C@@H](Cc1cnc(-c2ccc(C(C)(C)C)cc2)[nH]1)C(=O)N[C@@H](CCCN=C(N)N)C(=O)NCc1ccccc1. The first-order chi connectivity index (χ1) is 21.6. The van der Waals surface area contributed by atoms with Crippen molar-refractivity contribution in [3.63, 3.8) is 0 Å². The van der Waals surface area contributed by atoms with E-state index in [0.717, 1.165) is 11.1 Å². The quantitative estimate of drug-likeness (QED) is 0.0941. The van der Waals surface area contributed by atoms with Crippen molar-refractivity contribution < 1.29 is 19.1 Å². The zero-order valence-corrected chi connectivity index (χ0v) is 27.6. The smallest absolute Gasteiger partial charge is 0.408 e. The summed E-state index contributed by atoms with van der Waals surface area (Å²) in [7, 11) is 0. The number of ether oxygens (including phenoxy) is 1. The minimum atomic E-state index is -1.08. The van der Waals surface area contributed by atoms with Crippen molar-refractivity contribution >= 4 is 23.9 Å². The van der Waals surface area contributed by atoms with E-state index in [1.54, 1.807) is 27.0 Å². The van der Waals surface area contributed by atoms with Crippen LogP contribution in [-0.4, -0.2) is 58.1 Å². The number of carbonyl (C=O) groups excluding carboxylic acids is 3. The molecule has 2 aromatic carbocycles. The molecule has 0 fully saturated rings. The lowest BCUT2D eigenvalue weighted by atomic mass is 9.87. The number of H-pyrrole nitrogens is 1. The molecule has 0 aliphatic carbocycles. The number of aliphatic imine (C=N–C) groups is 1. The molecule has 3 aromatic rings. The lowest BCUT2D eigenvalue weighted by molar-refractivity contribution is -0.130. The molecular formula is C34H48N8O4. The van der Waals surface area contributed by atoms with Gasteiger partial charge in [-0.1, -0.05) is 75.4 Å². The predicted molar refractivity (Wildman–Crippen MR) is 180 cm³/mol. The topological polar surface area (TPSA) is 190 Å². The van der Waals surface area contributed by atoms with Gasteiger partial charge in [-0.15, -0.1) is 0 Å². The molecule has 0 aliphatic heterocycles. The fourth-order valence-corrected chi connectivity index (χ4v) is 4.57. The van der Waals surface area contributed by atoms with Crippen molar-refractivity contribution in [1.29, 1.82) is 0 Å². The van der Waals surface area contributed by atoms with E-state index >= 15 is 0 Å². The van der Waals surface area contributed by atoms with Crippen molar-refractivity contribution in [3.05, 3.63) is 77.6 Å². The van der Waals surface area contributed by atoms with Crippen LogP contribution in [0.3, 0.4) is 0 Å². The Kier molecular flexibility index (Phi) is 12.3. The van der Waals surface area contributed by atoms with Crippen molar-refractivity contribution in [1.82, 2.24) is 25.9 Å². The van der Waals surface area contributed by atoms with Crippen molar-refractivity contribution in [2.24, 2.45) is 16.5 Å². The zero-order chi connectivity index (χ0) is 33.9. The Morgan fingerprint density at radius 2 is 1.59 bits per heavy atom. The van der Waals surface area contributed by atoms with E-state index in [0.29, 0.717) is 17.9 Å². The van der Waals surface area contributed by atoms with E-state index in [1.165, 1.54) is 5.56 Å². The van der Waals surface area contributed by atoms with Gasteiger partial charge < -0.3 is 37.1 Å². The van der Waals surface area contributed by atoms with Gasteiger partial charge in [0.05, 0.1) is 0 Å². The second-order valence-electron chi connectivity index (χ2n) is 13.2. The van der Waals surface area contributed by atoms with Crippen LogP contribution in [0.15, 0.2) is 65.8 Å². The number of imidazole rings is 1. The number of amides is 3. The van der Waals surface area contributed by atoms with Gasteiger partial charge in [0.2, 0.25) is 11.8 Å². The number of aromatic amines is 1. The maximum atomic E-state index is 13.7. The van der Waals surface area contributed by atoms with E-state index < -0.39 is 29.7 Å². The van der Waals surface area contributed by atoms with Gasteiger partial charge in [-0.2, -0.15) is 0 Å². The van der Waals surface area contributed by atoms with E-state index in [1.807, 2.05) is 42.5 Å². The first kappa shape index (κ1) is 35.6. The highest BCUT2D eigenvalue weighted by atomic mass is 16.6. The van der Waals surface area contributed by atoms with Gasteiger partial charge in [0.15, 0.2) is 5.96 Å². The minimum Gasteiger partial charge on any atom is -0.444 e. The molecule has 46 heavy (non-hydrogen) atoms. The Hall–Kier alpha value is -4.87. The van der Waals surface area contributed by atoms with Crippen molar-refractivity contribution in [2.45, 2.75) is 90.4 Å². The molecular weight excluding hydrogens is 584 g/mol. The fourth-order valence-electron chi connectivity index (χ4n) is 4.57. The van der Waals surface area contributed by atoms with Crippen LogP contribution < -0.4 is 27.4 Å². The third-order valence-electron chi connectivity index (χ3n) is 6.97. The maximum Gasteiger partial charge on any atom is 0.408 e. The van der Waals surface area contributed by atoms with Crippen molar-refractivity contribution in [2.75, 3.05) is 6.54 Å². The summed E-state index contributed by atoms with van der Waals surface area (Å²) in [4.78, 5) is 51.5. The first-order valence-electron chi connectivity index (χ1n) is 15.4. The van der Waals surface area contributed by atoms with Crippen LogP contribution in [0.2, 0.25) is 0 Å². The summed E-state index contributed by atoms with van der Waals surface area (Å²) in [6.07, 6.45) is 1.64. The second kappa shape index (κ2) is 15.9. The number of nitrogens with one attached hydrogen (secondary N) is 4. The number of rotatable bonds is 13. The van der Waals surface area contributed by atoms with Crippen LogP contribution in [-0.2, 0) is 32.7 Å². The molecule has 0 aliphatic rings. The molecule has 2 atom stereocenters. The number of aromatic nitrogens is 2. The molecule has 0 saturated carbocycles. The third kappa shape index (κ3) is 11.9. The van der Waals surface area contributed by atoms with Crippen LogP contribution >= 0.6 is 0 Å². The van der Waals surface area contributed by atoms with Gasteiger partial charge in [0.1, 0.15) is 23.5 Å². The summed E-state index contributed by atoms with van der Waals surface area (Å²) < 4.78 is 5.44. The molecule has 0 bridgehead atoms. The number of hydrogen-bond donors (Lipinski definition) is 6. The number of carbonyl (C=O) groups is 3. The van der Waals surface area contributed by atoms with Gasteiger partial charge in [0, 0.05) is 37.0 Å². The molecule has 0 spiro atoms. The summed E-state index contributed by atoms with van der Waals surface area (Å²) in [6, 6.07) is 15.6. The summed E-state index contributed by atoms with van der Waals surface area (Å²) in [5.41, 5.74) is 13.7. The zero-order valence-electron chi connectivity index (χ0n) is 27.6. The van der Waals surface area contributed by atoms with Crippen LogP contribution in [0, 0.1) is 0 Å². The molecule has 1 aromatic heterocycles. The lowest BCUT2D eigenvalue weighted by Gasteiger charge is -2.25. The predicted octanol–water partition coefficient (Wildman–Crippen LogP) is 3.66. The van der Waals surface area contributed by atoms with E-state index in [9.17, 15) is 14.4 Å². The Morgan fingerprint density at radius 3 is 2.20 bits per heavy atom. The molecule has 0 unspecified atom stereocenters. The minimum absolute atomic E-state index is 0.0159. The highest BCUT2D eigenvalue weighted by Crippen LogP contribution is 2.25. The van der Waals surface area contributed by atoms with Crippen molar-refractivity contribution in [3.8, 4) is 11.4 Å². The molecule has 12 heteroatoms. The standard InChI is InChI=1S/C34H48N8O4/c1-33(2,3)24-16-14-23(15-17-24)28-38-21-25(40-28)19-27(42-32(45)46-34(4,5)6)30(44)41-26(13-10-18-37-31(35)36)29(43)39-20-22-11-8-7-9-12-22/h7-9,11-12,14-17,21,26-27H,10,13,18-20H2,1-6H3,(H,38,40)(H,39,43)(H,41,44)(H,42,45)(H4,35,36,37)/t26-,27-/m0/s1. The second-order valence-corrected chi connectivity index (χ2v) is 13.2. The maximum absolute atomic E-state index is 13.7. The number of benzene rings is 2. The monoisotopic (exact) mass is 632 g/mol. The molecule has 3 amide bonds. The summed E-state index contributed by atoms with van der Waals surface area (Å²) in [6.45, 7) is 12.2. The Bertz CT molecular complexity index is 1470. The van der Waals surface area contributed by atoms with Gasteiger partial charge in [-0.3, -0.25) is 14.6 Å². The Balaban J connectivity index is 1.79. The molecule has 0 saturated heterocycles. The van der Waals surface area contributed by atoms with E-state index in [2.05, 4.69) is 63.8 Å². The normalized spacial score (nSPS) is 12.8. The van der Waals surface area contributed by atoms with Gasteiger partial charge in [0.25, 0.3) is 0 Å². The fraction of sp³-hybridized carbons (Fsp3) is 0.441. The summed E-state index contributed by atoms with van der Waals surface area (Å²) in [5.74, 6) is -0.358. The number of alkyl carbamates (subject to hydrolysis) is 1. The number of hydrogen-bond acceptors (Lipinski definition) is 6. The molecule has 12 nitrogen and oxygen atoms in total. The molecule has 1 heterocycles. The van der Waals surface area contributed by atoms with Gasteiger partial charge >= 0.3 is 6.09 Å². The largest absolute Gasteiger partial charge is 0.444 e. The average molecular weight is 633 g/mol. The van der Waals surface area contributed by atoms with Crippen LogP contribution in [0.1, 0.15) is 71.2 Å². The van der Waals surface area contributed by atoms with E-state index in [4.69, 9.17) is 16.2 Å². The first-order valence-corrected chi connectivity index (χ1v) is 15.4. The summed E-state index contributed by atoms with van der Waals surface area (Å²) >= 11 is 0. The van der Waals surface area contributed by atoms with Gasteiger partial charge in [-0.05, 0) is 50.2 Å². The molecule has 0 radical (unpaired) electrons. The number of nitrogens with two attached hydrogens (primary N) is 2. The highest BCUT2D eigenvalue weighted by molar-refractivity contribution is 5.91. The number of nitrogens with zero attached hydrogens (tertiary/aromatic N) is 2.